The topological polar surface area (TPSA) is 47.3 Å². The second-order valence-corrected chi connectivity index (χ2v) is 11.0. The highest BCUT2D eigenvalue weighted by molar-refractivity contribution is 9.10. The Morgan fingerprint density at radius 3 is 2.40 bits per heavy atom. The minimum absolute atomic E-state index is 0.0318. The lowest BCUT2D eigenvalue weighted by molar-refractivity contribution is -0.598. The van der Waals surface area contributed by atoms with E-state index in [1.54, 1.807) is 30.8 Å². The SMILES string of the molecule is CCOC(=O)Cc1c(C(=O)c2ccc(Br)cc2)sc(SCc2ccccc2C)c1-[n+]1ccccc1. The lowest BCUT2D eigenvalue weighted by atomic mass is 10.0. The molecule has 35 heavy (non-hydrogen) atoms. The molecule has 0 unspecified atom stereocenters. The number of aromatic nitrogens is 1. The molecule has 7 heteroatoms. The molecule has 4 rings (SSSR count). The molecule has 178 valence electrons. The molecule has 0 bridgehead atoms. The van der Waals surface area contributed by atoms with Gasteiger partial charge in [0.1, 0.15) is 4.21 Å². The molecule has 0 atom stereocenters. The first-order valence-electron chi connectivity index (χ1n) is 11.2. The van der Waals surface area contributed by atoms with Gasteiger partial charge in [-0.1, -0.05) is 46.3 Å². The maximum atomic E-state index is 13.7. The van der Waals surface area contributed by atoms with Crippen molar-refractivity contribution in [1.82, 2.24) is 0 Å². The van der Waals surface area contributed by atoms with Crippen LogP contribution in [0.25, 0.3) is 5.69 Å². The lowest BCUT2D eigenvalue weighted by Crippen LogP contribution is -2.31. The summed E-state index contributed by atoms with van der Waals surface area (Å²) >= 11 is 6.57. The van der Waals surface area contributed by atoms with E-state index < -0.39 is 0 Å². The van der Waals surface area contributed by atoms with Crippen LogP contribution in [0.2, 0.25) is 0 Å². The normalized spacial score (nSPS) is 10.8. The zero-order valence-electron chi connectivity index (χ0n) is 19.5. The number of aryl methyl sites for hydroxylation is 1. The van der Waals surface area contributed by atoms with Gasteiger partial charge in [-0.3, -0.25) is 9.59 Å². The Balaban J connectivity index is 1.83. The summed E-state index contributed by atoms with van der Waals surface area (Å²) in [5.41, 5.74) is 4.61. The van der Waals surface area contributed by atoms with Gasteiger partial charge in [-0.15, -0.1) is 23.1 Å². The van der Waals surface area contributed by atoms with Gasteiger partial charge in [-0.2, -0.15) is 4.57 Å². The van der Waals surface area contributed by atoms with Crippen molar-refractivity contribution in [1.29, 1.82) is 0 Å². The Hall–Kier alpha value is -2.74. The molecule has 0 saturated carbocycles. The molecule has 0 aliphatic heterocycles. The highest BCUT2D eigenvalue weighted by atomic mass is 79.9. The highest BCUT2D eigenvalue weighted by Gasteiger charge is 2.31. The maximum Gasteiger partial charge on any atom is 0.310 e. The fourth-order valence-electron chi connectivity index (χ4n) is 3.69. The van der Waals surface area contributed by atoms with E-state index >= 15 is 0 Å². The number of ether oxygens (including phenoxy) is 1. The first-order chi connectivity index (χ1) is 17.0. The largest absolute Gasteiger partial charge is 0.466 e. The standard InChI is InChI=1S/C28H25BrNO3S2/c1-3-33-24(31)17-23-25(30-15-7-4-8-16-30)28(34-18-21-10-6-5-9-19(21)2)35-27(23)26(32)20-11-13-22(29)14-12-20/h4-16H,3,17-18H2,1-2H3/q+1. The molecular formula is C28H25BrNO3S2+. The van der Waals surface area contributed by atoms with Crippen molar-refractivity contribution in [3.63, 3.8) is 0 Å². The number of hydrogen-bond acceptors (Lipinski definition) is 5. The molecule has 0 aliphatic carbocycles. The van der Waals surface area contributed by atoms with Crippen LogP contribution in [0.1, 0.15) is 38.8 Å². The Bertz CT molecular complexity index is 1330. The van der Waals surface area contributed by atoms with E-state index in [0.29, 0.717) is 22.6 Å². The van der Waals surface area contributed by atoms with Gasteiger partial charge < -0.3 is 4.74 Å². The van der Waals surface area contributed by atoms with Gasteiger partial charge in [-0.25, -0.2) is 0 Å². The summed E-state index contributed by atoms with van der Waals surface area (Å²) in [4.78, 5) is 26.9. The average Bonchev–Trinajstić information content (AvgIpc) is 3.22. The van der Waals surface area contributed by atoms with Crippen molar-refractivity contribution in [3.8, 4) is 5.69 Å². The van der Waals surface area contributed by atoms with Crippen molar-refractivity contribution in [2.75, 3.05) is 6.61 Å². The zero-order valence-corrected chi connectivity index (χ0v) is 22.7. The molecule has 0 amide bonds. The maximum absolute atomic E-state index is 13.7. The lowest BCUT2D eigenvalue weighted by Gasteiger charge is -2.06. The number of ketones is 1. The summed E-state index contributed by atoms with van der Waals surface area (Å²) in [7, 11) is 0. The van der Waals surface area contributed by atoms with Crippen molar-refractivity contribution in [3.05, 3.63) is 111 Å². The number of benzene rings is 2. The molecule has 0 N–H and O–H groups in total. The van der Waals surface area contributed by atoms with Crippen LogP contribution < -0.4 is 4.57 Å². The number of carbonyl (C=O) groups is 2. The molecule has 2 aromatic carbocycles. The van der Waals surface area contributed by atoms with Crippen LogP contribution in [0.5, 0.6) is 0 Å². The van der Waals surface area contributed by atoms with Crippen LogP contribution >= 0.6 is 39.0 Å². The molecule has 0 spiro atoms. The number of esters is 1. The van der Waals surface area contributed by atoms with Crippen molar-refractivity contribution < 1.29 is 18.9 Å². The van der Waals surface area contributed by atoms with E-state index in [1.807, 2.05) is 59.4 Å². The highest BCUT2D eigenvalue weighted by Crippen LogP contribution is 2.40. The summed E-state index contributed by atoms with van der Waals surface area (Å²) in [5, 5.41) is 0. The van der Waals surface area contributed by atoms with Gasteiger partial charge in [0, 0.05) is 27.9 Å². The van der Waals surface area contributed by atoms with Gasteiger partial charge in [-0.05, 0) is 49.2 Å². The number of thioether (sulfide) groups is 1. The van der Waals surface area contributed by atoms with E-state index in [0.717, 1.165) is 20.1 Å². The number of hydrogen-bond donors (Lipinski definition) is 0. The monoisotopic (exact) mass is 566 g/mol. The molecule has 2 aromatic heterocycles. The minimum Gasteiger partial charge on any atom is -0.466 e. The van der Waals surface area contributed by atoms with Crippen LogP contribution in [-0.2, 0) is 21.7 Å². The second-order valence-electron chi connectivity index (χ2n) is 7.86. The predicted octanol–water partition coefficient (Wildman–Crippen LogP) is 6.72. The molecule has 0 fully saturated rings. The minimum atomic E-state index is -0.344. The van der Waals surface area contributed by atoms with E-state index in [1.165, 1.54) is 22.5 Å². The number of rotatable bonds is 9. The van der Waals surface area contributed by atoms with Gasteiger partial charge in [0.05, 0.1) is 23.5 Å². The van der Waals surface area contributed by atoms with Crippen LogP contribution in [0.15, 0.2) is 87.8 Å². The number of pyridine rings is 1. The summed E-state index contributed by atoms with van der Waals surface area (Å²) in [6, 6.07) is 21.4. The van der Waals surface area contributed by atoms with E-state index in [2.05, 4.69) is 35.0 Å². The van der Waals surface area contributed by atoms with Gasteiger partial charge >= 0.3 is 5.97 Å². The fraction of sp³-hybridized carbons (Fsp3) is 0.179. The van der Waals surface area contributed by atoms with Gasteiger partial charge in [0.2, 0.25) is 11.5 Å². The summed E-state index contributed by atoms with van der Waals surface area (Å²) in [6.07, 6.45) is 3.93. The Morgan fingerprint density at radius 2 is 1.71 bits per heavy atom. The van der Waals surface area contributed by atoms with Crippen LogP contribution in [0.3, 0.4) is 0 Å². The van der Waals surface area contributed by atoms with Crippen molar-refractivity contribution in [2.45, 2.75) is 30.2 Å². The number of nitrogens with zero attached hydrogens (tertiary/aromatic N) is 1. The predicted molar refractivity (Wildman–Crippen MR) is 145 cm³/mol. The number of carbonyl (C=O) groups excluding carboxylic acids is 2. The van der Waals surface area contributed by atoms with Gasteiger partial charge in [0.25, 0.3) is 0 Å². The molecule has 4 aromatic rings. The van der Waals surface area contributed by atoms with Crippen molar-refractivity contribution >= 4 is 50.8 Å². The van der Waals surface area contributed by atoms with Crippen LogP contribution in [0.4, 0.5) is 0 Å². The fourth-order valence-corrected chi connectivity index (χ4v) is 6.61. The van der Waals surface area contributed by atoms with E-state index in [9.17, 15) is 9.59 Å². The first kappa shape index (κ1) is 25.4. The van der Waals surface area contributed by atoms with Crippen LogP contribution in [0, 0.1) is 6.92 Å². The third-order valence-corrected chi connectivity index (χ3v) is 8.54. The second kappa shape index (κ2) is 11.8. The van der Waals surface area contributed by atoms with Crippen LogP contribution in [-0.4, -0.2) is 18.4 Å². The summed E-state index contributed by atoms with van der Waals surface area (Å²) < 4.78 is 9.16. The number of halogens is 1. The van der Waals surface area contributed by atoms with E-state index in [4.69, 9.17) is 4.74 Å². The first-order valence-corrected chi connectivity index (χ1v) is 13.8. The summed E-state index contributed by atoms with van der Waals surface area (Å²) in [5.74, 6) is 0.323. The Morgan fingerprint density at radius 1 is 1.00 bits per heavy atom. The molecule has 0 radical (unpaired) electrons. The molecule has 0 saturated heterocycles. The third-order valence-electron chi connectivity index (χ3n) is 5.48. The molecule has 0 aliphatic rings. The van der Waals surface area contributed by atoms with Gasteiger partial charge in [0.15, 0.2) is 12.4 Å². The molecular weight excluding hydrogens is 542 g/mol. The Kier molecular flexibility index (Phi) is 8.55. The number of thiophene rings is 1. The Labute approximate surface area is 222 Å². The van der Waals surface area contributed by atoms with Crippen molar-refractivity contribution in [2.24, 2.45) is 0 Å². The van der Waals surface area contributed by atoms with E-state index in [-0.39, 0.29) is 18.2 Å². The molecule has 4 nitrogen and oxygen atoms in total. The average molecular weight is 568 g/mol. The molecule has 2 heterocycles. The smallest absolute Gasteiger partial charge is 0.310 e. The zero-order chi connectivity index (χ0) is 24.8. The third kappa shape index (κ3) is 6.10. The quantitative estimate of drug-likeness (QED) is 0.0975. The summed E-state index contributed by atoms with van der Waals surface area (Å²) in [6.45, 7) is 4.18.